The van der Waals surface area contributed by atoms with Gasteiger partial charge in [-0.2, -0.15) is 0 Å². The molecule has 0 fully saturated rings. The maximum Gasteiger partial charge on any atom is 0.306 e. The Morgan fingerprint density at radius 3 is 2.12 bits per heavy atom. The summed E-state index contributed by atoms with van der Waals surface area (Å²) >= 11 is 0. The number of hydrogen-bond donors (Lipinski definition) is 1. The second-order valence-corrected chi connectivity index (χ2v) is 3.92. The van der Waals surface area contributed by atoms with Crippen molar-refractivity contribution in [1.82, 2.24) is 0 Å². The molecule has 1 N–H and O–H groups in total. The van der Waals surface area contributed by atoms with E-state index in [4.69, 9.17) is 5.11 Å². The Balaban J connectivity index is 3.99. The molecule has 0 aromatic heterocycles. The second-order valence-electron chi connectivity index (χ2n) is 3.92. The fourth-order valence-electron chi connectivity index (χ4n) is 1.34. The van der Waals surface area contributed by atoms with Gasteiger partial charge in [0.2, 0.25) is 0 Å². The van der Waals surface area contributed by atoms with Gasteiger partial charge in [0.15, 0.2) is 0 Å². The maximum absolute atomic E-state index is 11.5. The average molecular weight is 230 g/mol. The normalized spacial score (nSPS) is 13.9. The van der Waals surface area contributed by atoms with Crippen LogP contribution in [0.15, 0.2) is 0 Å². The summed E-state index contributed by atoms with van der Waals surface area (Å²) in [6.07, 6.45) is 0.469. The molecule has 0 aliphatic carbocycles. The predicted molar refractivity (Wildman–Crippen MR) is 56.8 cm³/mol. The molecule has 5 heteroatoms. The summed E-state index contributed by atoms with van der Waals surface area (Å²) in [6, 6.07) is 0. The second kappa shape index (κ2) is 6.98. The molecule has 0 aromatic carbocycles. The number of carbonyl (C=O) groups is 3. The van der Waals surface area contributed by atoms with E-state index < -0.39 is 17.9 Å². The van der Waals surface area contributed by atoms with Crippen LogP contribution in [0.5, 0.6) is 0 Å². The van der Waals surface area contributed by atoms with Crippen LogP contribution in [-0.4, -0.2) is 29.9 Å². The number of esters is 1. The summed E-state index contributed by atoms with van der Waals surface area (Å²) < 4.78 is 4.41. The largest absolute Gasteiger partial charge is 0.481 e. The zero-order valence-electron chi connectivity index (χ0n) is 9.86. The first-order chi connectivity index (χ1) is 7.38. The van der Waals surface area contributed by atoms with Gasteiger partial charge in [0.1, 0.15) is 5.78 Å². The molecule has 0 saturated carbocycles. The van der Waals surface area contributed by atoms with E-state index >= 15 is 0 Å². The Morgan fingerprint density at radius 1 is 1.12 bits per heavy atom. The van der Waals surface area contributed by atoms with Crippen molar-refractivity contribution in [2.75, 3.05) is 7.11 Å². The molecule has 0 aliphatic rings. The number of ketones is 1. The van der Waals surface area contributed by atoms with Crippen molar-refractivity contribution in [1.29, 1.82) is 0 Å². The van der Waals surface area contributed by atoms with Gasteiger partial charge in [0.05, 0.1) is 19.4 Å². The molecule has 0 bridgehead atoms. The van der Waals surface area contributed by atoms with E-state index in [0.29, 0.717) is 6.42 Å². The molecule has 0 saturated heterocycles. The lowest BCUT2D eigenvalue weighted by molar-refractivity contribution is -0.143. The summed E-state index contributed by atoms with van der Waals surface area (Å²) in [6.45, 7) is 3.24. The predicted octanol–water partition coefficient (Wildman–Crippen LogP) is 1.26. The molecule has 92 valence electrons. The molecule has 2 atom stereocenters. The number of Topliss-reactive ketones (excluding diaryl/α,β-unsaturated/α-hetero) is 1. The topological polar surface area (TPSA) is 80.7 Å². The first-order valence-electron chi connectivity index (χ1n) is 5.20. The van der Waals surface area contributed by atoms with Crippen LogP contribution in [0.2, 0.25) is 0 Å². The van der Waals surface area contributed by atoms with Gasteiger partial charge >= 0.3 is 11.9 Å². The van der Waals surface area contributed by atoms with Gasteiger partial charge in [0, 0.05) is 12.3 Å². The highest BCUT2D eigenvalue weighted by molar-refractivity contribution is 5.85. The van der Waals surface area contributed by atoms with Crippen molar-refractivity contribution >= 4 is 17.7 Å². The average Bonchev–Trinajstić information content (AvgIpc) is 2.24. The monoisotopic (exact) mass is 230 g/mol. The first kappa shape index (κ1) is 14.6. The fourth-order valence-corrected chi connectivity index (χ4v) is 1.34. The number of hydrogen-bond acceptors (Lipinski definition) is 4. The van der Waals surface area contributed by atoms with Crippen molar-refractivity contribution in [3.8, 4) is 0 Å². The molecule has 16 heavy (non-hydrogen) atoms. The Bertz CT molecular complexity index is 272. The molecule has 0 aromatic rings. The number of aliphatic carboxylic acids is 1. The Kier molecular flexibility index (Phi) is 6.37. The van der Waals surface area contributed by atoms with E-state index in [9.17, 15) is 14.4 Å². The van der Waals surface area contributed by atoms with Crippen LogP contribution in [0, 0.1) is 11.8 Å². The molecule has 2 unspecified atom stereocenters. The number of carboxylic acid groups (broad SMARTS) is 1. The molecular weight excluding hydrogens is 212 g/mol. The summed E-state index contributed by atoms with van der Waals surface area (Å²) in [5.41, 5.74) is 0. The highest BCUT2D eigenvalue weighted by Crippen LogP contribution is 2.15. The van der Waals surface area contributed by atoms with Crippen LogP contribution in [0.25, 0.3) is 0 Å². The third-order valence-electron chi connectivity index (χ3n) is 2.48. The van der Waals surface area contributed by atoms with E-state index in [1.165, 1.54) is 7.11 Å². The fraction of sp³-hybridized carbons (Fsp3) is 0.727. The number of ether oxygens (including phenoxy) is 1. The Hall–Kier alpha value is -1.39. The van der Waals surface area contributed by atoms with Gasteiger partial charge in [-0.25, -0.2) is 0 Å². The van der Waals surface area contributed by atoms with Crippen molar-refractivity contribution in [2.24, 2.45) is 11.8 Å². The molecule has 5 nitrogen and oxygen atoms in total. The quantitative estimate of drug-likeness (QED) is 0.666. The molecule has 0 amide bonds. The third-order valence-corrected chi connectivity index (χ3v) is 2.48. The number of carbonyl (C=O) groups excluding carboxylic acids is 2. The van der Waals surface area contributed by atoms with Crippen molar-refractivity contribution in [2.45, 2.75) is 33.1 Å². The minimum atomic E-state index is -0.910. The van der Waals surface area contributed by atoms with Crippen LogP contribution in [0.3, 0.4) is 0 Å². The van der Waals surface area contributed by atoms with E-state index in [0.717, 1.165) is 0 Å². The number of methoxy groups -OCH3 is 1. The summed E-state index contributed by atoms with van der Waals surface area (Å²) in [5.74, 6) is -2.31. The number of carboxylic acids is 1. The SMILES string of the molecule is COC(=O)CCC(=O)C(C)CC(C)C(=O)O. The lowest BCUT2D eigenvalue weighted by atomic mass is 9.92. The van der Waals surface area contributed by atoms with E-state index in [1.807, 2.05) is 0 Å². The van der Waals surface area contributed by atoms with Crippen LogP contribution < -0.4 is 0 Å². The van der Waals surface area contributed by atoms with E-state index in [2.05, 4.69) is 4.74 Å². The lowest BCUT2D eigenvalue weighted by Gasteiger charge is -2.12. The highest BCUT2D eigenvalue weighted by atomic mass is 16.5. The van der Waals surface area contributed by atoms with Gasteiger partial charge in [-0.1, -0.05) is 13.8 Å². The molecule has 0 spiro atoms. The van der Waals surface area contributed by atoms with Gasteiger partial charge in [-0.3, -0.25) is 14.4 Å². The molecule has 0 rings (SSSR count). The van der Waals surface area contributed by atoms with Gasteiger partial charge in [0.25, 0.3) is 0 Å². The third kappa shape index (κ3) is 5.48. The Labute approximate surface area is 94.8 Å². The molecule has 0 heterocycles. The summed E-state index contributed by atoms with van der Waals surface area (Å²) in [4.78, 5) is 32.9. The van der Waals surface area contributed by atoms with Crippen molar-refractivity contribution in [3.63, 3.8) is 0 Å². The molecular formula is C11H18O5. The summed E-state index contributed by atoms with van der Waals surface area (Å²) in [7, 11) is 1.27. The van der Waals surface area contributed by atoms with Crippen molar-refractivity contribution < 1.29 is 24.2 Å². The van der Waals surface area contributed by atoms with E-state index in [-0.39, 0.29) is 24.5 Å². The van der Waals surface area contributed by atoms with Gasteiger partial charge in [-0.05, 0) is 6.42 Å². The first-order valence-corrected chi connectivity index (χ1v) is 5.20. The van der Waals surface area contributed by atoms with Crippen molar-refractivity contribution in [3.05, 3.63) is 0 Å². The van der Waals surface area contributed by atoms with Crippen LogP contribution in [0.4, 0.5) is 0 Å². The molecule has 0 aliphatic heterocycles. The van der Waals surface area contributed by atoms with Crippen LogP contribution in [0.1, 0.15) is 33.1 Å². The minimum Gasteiger partial charge on any atom is -0.481 e. The minimum absolute atomic E-state index is 0.0567. The lowest BCUT2D eigenvalue weighted by Crippen LogP contribution is -2.19. The molecule has 0 radical (unpaired) electrons. The van der Waals surface area contributed by atoms with Gasteiger partial charge in [-0.15, -0.1) is 0 Å². The number of rotatable bonds is 7. The highest BCUT2D eigenvalue weighted by Gasteiger charge is 2.20. The summed E-state index contributed by atoms with van der Waals surface area (Å²) in [5, 5.41) is 8.68. The van der Waals surface area contributed by atoms with E-state index in [1.54, 1.807) is 13.8 Å². The standard InChI is InChI=1S/C11H18O5/c1-7(6-8(2)11(14)15)9(12)4-5-10(13)16-3/h7-8H,4-6H2,1-3H3,(H,14,15). The van der Waals surface area contributed by atoms with Crippen LogP contribution in [-0.2, 0) is 19.1 Å². The zero-order valence-corrected chi connectivity index (χ0v) is 9.86. The Morgan fingerprint density at radius 2 is 1.69 bits per heavy atom. The van der Waals surface area contributed by atoms with Crippen LogP contribution >= 0.6 is 0 Å². The smallest absolute Gasteiger partial charge is 0.306 e. The maximum atomic E-state index is 11.5. The zero-order chi connectivity index (χ0) is 12.7. The van der Waals surface area contributed by atoms with Gasteiger partial charge < -0.3 is 9.84 Å².